The number of carbonyl (C=O) groups excluding carboxylic acids is 1. The Morgan fingerprint density at radius 2 is 2.06 bits per heavy atom. The fraction of sp³-hybridized carbons (Fsp3) is 0.364. The molecule has 7 heteroatoms. The van der Waals surface area contributed by atoms with E-state index in [2.05, 4.69) is 36.6 Å². The van der Waals surface area contributed by atoms with E-state index in [9.17, 15) is 13.6 Å². The molecule has 0 saturated heterocycles. The summed E-state index contributed by atoms with van der Waals surface area (Å²) in [7, 11) is 0. The van der Waals surface area contributed by atoms with E-state index < -0.39 is 12.6 Å². The molecule has 3 nitrogen and oxygen atoms in total. The Labute approximate surface area is 120 Å². The summed E-state index contributed by atoms with van der Waals surface area (Å²) in [6, 6.07) is 3.03. The van der Waals surface area contributed by atoms with Crippen LogP contribution in [0.1, 0.15) is 12.5 Å². The van der Waals surface area contributed by atoms with Crippen LogP contribution in [0.5, 0.6) is 5.75 Å². The molecule has 0 saturated carbocycles. The van der Waals surface area contributed by atoms with Crippen LogP contribution in [0.4, 0.5) is 8.78 Å². The van der Waals surface area contributed by atoms with Crippen LogP contribution in [0.25, 0.3) is 0 Å². The van der Waals surface area contributed by atoms with E-state index in [-0.39, 0.29) is 18.8 Å². The molecule has 0 N–H and O–H groups in total. The highest BCUT2D eigenvalue weighted by Crippen LogP contribution is 2.34. The van der Waals surface area contributed by atoms with Gasteiger partial charge in [-0.3, -0.25) is 4.79 Å². The number of hydrogen-bond acceptors (Lipinski definition) is 3. The predicted molar refractivity (Wildman–Crippen MR) is 68.8 cm³/mol. The van der Waals surface area contributed by atoms with Crippen LogP contribution in [0.2, 0.25) is 0 Å². The minimum Gasteiger partial charge on any atom is -0.466 e. The molecule has 0 aliphatic heterocycles. The number of benzene rings is 1. The topological polar surface area (TPSA) is 35.5 Å². The molecule has 0 spiro atoms. The first-order chi connectivity index (χ1) is 8.43. The lowest BCUT2D eigenvalue weighted by atomic mass is 10.1. The van der Waals surface area contributed by atoms with Gasteiger partial charge < -0.3 is 9.47 Å². The average molecular weight is 388 g/mol. The molecule has 1 aromatic carbocycles. The van der Waals surface area contributed by atoms with Crippen molar-refractivity contribution in [1.82, 2.24) is 0 Å². The van der Waals surface area contributed by atoms with Gasteiger partial charge >= 0.3 is 12.6 Å². The summed E-state index contributed by atoms with van der Waals surface area (Å²) >= 11 is 6.30. The van der Waals surface area contributed by atoms with Gasteiger partial charge in [0.2, 0.25) is 0 Å². The summed E-state index contributed by atoms with van der Waals surface area (Å²) in [6.07, 6.45) is -0.0204. The third kappa shape index (κ3) is 4.53. The third-order valence-electron chi connectivity index (χ3n) is 1.94. The zero-order valence-electron chi connectivity index (χ0n) is 9.38. The van der Waals surface area contributed by atoms with E-state index in [1.807, 2.05) is 0 Å². The maximum atomic E-state index is 12.2. The first kappa shape index (κ1) is 15.4. The van der Waals surface area contributed by atoms with Gasteiger partial charge in [-0.15, -0.1) is 0 Å². The van der Waals surface area contributed by atoms with Crippen molar-refractivity contribution in [2.24, 2.45) is 0 Å². The third-order valence-corrected chi connectivity index (χ3v) is 3.29. The van der Waals surface area contributed by atoms with Gasteiger partial charge in [0.05, 0.1) is 17.5 Å². The van der Waals surface area contributed by atoms with Gasteiger partial charge in [0.25, 0.3) is 0 Å². The minimum absolute atomic E-state index is 0.0204. The van der Waals surface area contributed by atoms with E-state index in [0.29, 0.717) is 14.5 Å². The van der Waals surface area contributed by atoms with Gasteiger partial charge in [0.1, 0.15) is 5.75 Å². The molecule has 0 amide bonds. The smallest absolute Gasteiger partial charge is 0.387 e. The summed E-state index contributed by atoms with van der Waals surface area (Å²) in [5, 5.41) is 0. The predicted octanol–water partition coefficient (Wildman–Crippen LogP) is 3.92. The summed E-state index contributed by atoms with van der Waals surface area (Å²) in [5.41, 5.74) is 0.512. The van der Waals surface area contributed by atoms with Crippen LogP contribution in [-0.2, 0) is 16.0 Å². The number of halogens is 4. The van der Waals surface area contributed by atoms with Crippen molar-refractivity contribution in [3.05, 3.63) is 26.6 Å². The summed E-state index contributed by atoms with van der Waals surface area (Å²) in [5.74, 6) is -0.460. The maximum absolute atomic E-state index is 12.2. The first-order valence-electron chi connectivity index (χ1n) is 5.02. The normalized spacial score (nSPS) is 10.6. The van der Waals surface area contributed by atoms with Crippen molar-refractivity contribution in [2.75, 3.05) is 6.61 Å². The van der Waals surface area contributed by atoms with Crippen molar-refractivity contribution in [3.8, 4) is 5.75 Å². The molecule has 0 aliphatic rings. The van der Waals surface area contributed by atoms with Gasteiger partial charge in [0, 0.05) is 4.47 Å². The molecule has 1 aromatic rings. The van der Waals surface area contributed by atoms with E-state index in [4.69, 9.17) is 4.74 Å². The van der Waals surface area contributed by atoms with Gasteiger partial charge in [0.15, 0.2) is 0 Å². The SMILES string of the molecule is CCOC(=O)Cc1cc(Br)cc(OC(F)F)c1Br. The molecule has 0 bridgehead atoms. The summed E-state index contributed by atoms with van der Waals surface area (Å²) < 4.78 is 34.4. The van der Waals surface area contributed by atoms with Crippen molar-refractivity contribution < 1.29 is 23.0 Å². The minimum atomic E-state index is -2.92. The maximum Gasteiger partial charge on any atom is 0.387 e. The number of carbonyl (C=O) groups is 1. The molecule has 0 unspecified atom stereocenters. The van der Waals surface area contributed by atoms with E-state index in [1.165, 1.54) is 6.07 Å². The Morgan fingerprint density at radius 3 is 2.61 bits per heavy atom. The molecule has 0 atom stereocenters. The molecule has 0 heterocycles. The molecule has 0 aliphatic carbocycles. The quantitative estimate of drug-likeness (QED) is 0.718. The van der Waals surface area contributed by atoms with Crippen LogP contribution in [0.15, 0.2) is 21.1 Å². The van der Waals surface area contributed by atoms with E-state index in [1.54, 1.807) is 13.0 Å². The number of ether oxygens (including phenoxy) is 2. The Morgan fingerprint density at radius 1 is 1.39 bits per heavy atom. The molecule has 0 radical (unpaired) electrons. The van der Waals surface area contributed by atoms with Crippen LogP contribution in [-0.4, -0.2) is 19.2 Å². The second kappa shape index (κ2) is 7.04. The van der Waals surface area contributed by atoms with Crippen LogP contribution >= 0.6 is 31.9 Å². The van der Waals surface area contributed by atoms with Gasteiger partial charge in [-0.05, 0) is 40.5 Å². The molecular weight excluding hydrogens is 378 g/mol. The van der Waals surface area contributed by atoms with E-state index in [0.717, 1.165) is 0 Å². The lowest BCUT2D eigenvalue weighted by Gasteiger charge is -2.11. The van der Waals surface area contributed by atoms with Gasteiger partial charge in [-0.25, -0.2) is 0 Å². The van der Waals surface area contributed by atoms with Crippen molar-refractivity contribution in [2.45, 2.75) is 20.0 Å². The Hall–Kier alpha value is -0.690. The fourth-order valence-electron chi connectivity index (χ4n) is 1.30. The summed E-state index contributed by atoms with van der Waals surface area (Å²) in [6.45, 7) is -0.963. The first-order valence-corrected chi connectivity index (χ1v) is 6.61. The highest BCUT2D eigenvalue weighted by atomic mass is 79.9. The Kier molecular flexibility index (Phi) is 6.01. The average Bonchev–Trinajstić information content (AvgIpc) is 2.24. The van der Waals surface area contributed by atoms with Gasteiger partial charge in [-0.1, -0.05) is 15.9 Å². The molecule has 100 valence electrons. The van der Waals surface area contributed by atoms with Crippen LogP contribution < -0.4 is 4.74 Å². The fourth-order valence-corrected chi connectivity index (χ4v) is 2.24. The standard InChI is InChI=1S/C11H10Br2F2O3/c1-2-17-9(16)4-6-3-7(12)5-8(10(6)13)18-11(14)15/h3,5,11H,2,4H2,1H3. The van der Waals surface area contributed by atoms with Crippen molar-refractivity contribution in [3.63, 3.8) is 0 Å². The van der Waals surface area contributed by atoms with Crippen molar-refractivity contribution >= 4 is 37.8 Å². The molecule has 0 fully saturated rings. The second-order valence-corrected chi connectivity index (χ2v) is 4.95. The monoisotopic (exact) mass is 386 g/mol. The van der Waals surface area contributed by atoms with E-state index >= 15 is 0 Å². The molecular formula is C11H10Br2F2O3. The Balaban J connectivity index is 2.97. The zero-order valence-corrected chi connectivity index (χ0v) is 12.6. The largest absolute Gasteiger partial charge is 0.466 e. The number of hydrogen-bond donors (Lipinski definition) is 0. The van der Waals surface area contributed by atoms with Crippen molar-refractivity contribution in [1.29, 1.82) is 0 Å². The highest BCUT2D eigenvalue weighted by Gasteiger charge is 2.15. The highest BCUT2D eigenvalue weighted by molar-refractivity contribution is 9.11. The molecule has 0 aromatic heterocycles. The zero-order chi connectivity index (χ0) is 13.7. The lowest BCUT2D eigenvalue weighted by molar-refractivity contribution is -0.142. The molecule has 18 heavy (non-hydrogen) atoms. The molecule has 1 rings (SSSR count). The second-order valence-electron chi connectivity index (χ2n) is 3.24. The van der Waals surface area contributed by atoms with Gasteiger partial charge in [-0.2, -0.15) is 8.78 Å². The number of alkyl halides is 2. The summed E-state index contributed by atoms with van der Waals surface area (Å²) in [4.78, 5) is 11.4. The van der Waals surface area contributed by atoms with Crippen LogP contribution in [0, 0.1) is 0 Å². The van der Waals surface area contributed by atoms with Crippen LogP contribution in [0.3, 0.4) is 0 Å². The number of rotatable bonds is 5. The number of esters is 1. The lowest BCUT2D eigenvalue weighted by Crippen LogP contribution is -2.09. The Bertz CT molecular complexity index is 439.